The summed E-state index contributed by atoms with van der Waals surface area (Å²) in [7, 11) is 0. The maximum absolute atomic E-state index is 13.3. The van der Waals surface area contributed by atoms with E-state index in [1.165, 1.54) is 12.3 Å². The summed E-state index contributed by atoms with van der Waals surface area (Å²) in [4.78, 5) is 19.0. The lowest BCUT2D eigenvalue weighted by Crippen LogP contribution is -2.52. The van der Waals surface area contributed by atoms with Gasteiger partial charge >= 0.3 is 12.3 Å². The topological polar surface area (TPSA) is 71.9 Å². The van der Waals surface area contributed by atoms with E-state index in [1.54, 1.807) is 11.0 Å². The highest BCUT2D eigenvalue weighted by Gasteiger charge is 2.51. The number of nitrogens with zero attached hydrogens (tertiary/aromatic N) is 2. The fourth-order valence-corrected chi connectivity index (χ4v) is 6.32. The molecule has 38 heavy (non-hydrogen) atoms. The lowest BCUT2D eigenvalue weighted by Gasteiger charge is -2.43. The number of hydrogen-bond donors (Lipinski definition) is 1. The second kappa shape index (κ2) is 9.31. The van der Waals surface area contributed by atoms with E-state index < -0.39 is 18.4 Å². The summed E-state index contributed by atoms with van der Waals surface area (Å²) in [5.41, 5.74) is 3.88. The first kappa shape index (κ1) is 24.7. The van der Waals surface area contributed by atoms with Gasteiger partial charge in [0, 0.05) is 48.7 Å². The van der Waals surface area contributed by atoms with Crippen LogP contribution in [0.3, 0.4) is 0 Å². The summed E-state index contributed by atoms with van der Waals surface area (Å²) < 4.78 is 47.8. The number of aliphatic hydroxyl groups is 1. The van der Waals surface area contributed by atoms with Gasteiger partial charge in [-0.3, -0.25) is 0 Å². The Balaban J connectivity index is 1.12. The largest absolute Gasteiger partial charge is 0.468 e. The van der Waals surface area contributed by atoms with E-state index >= 15 is 0 Å². The number of halogens is 3. The first-order chi connectivity index (χ1) is 18.2. The van der Waals surface area contributed by atoms with Crippen LogP contribution in [0.25, 0.3) is 11.1 Å². The predicted molar refractivity (Wildman–Crippen MR) is 133 cm³/mol. The van der Waals surface area contributed by atoms with Crippen molar-refractivity contribution in [3.8, 4) is 17.0 Å². The van der Waals surface area contributed by atoms with Crippen LogP contribution in [0.5, 0.6) is 5.88 Å². The number of rotatable bonds is 5. The summed E-state index contributed by atoms with van der Waals surface area (Å²) in [6, 6.07) is 18.8. The number of benzene rings is 2. The summed E-state index contributed by atoms with van der Waals surface area (Å²) in [6.45, 7) is -1.20. The fourth-order valence-electron chi connectivity index (χ4n) is 6.32. The van der Waals surface area contributed by atoms with Crippen molar-refractivity contribution < 1.29 is 32.5 Å². The zero-order valence-electron chi connectivity index (χ0n) is 20.5. The molecule has 6 nitrogen and oxygen atoms in total. The molecule has 2 bridgehead atoms. The van der Waals surface area contributed by atoms with Crippen molar-refractivity contribution in [1.82, 2.24) is 9.88 Å². The Morgan fingerprint density at radius 2 is 1.58 bits per heavy atom. The normalized spacial score (nSPS) is 24.2. The molecule has 2 aromatic carbocycles. The monoisotopic (exact) mass is 524 g/mol. The molecule has 2 saturated heterocycles. The minimum Gasteiger partial charge on any atom is -0.468 e. The van der Waals surface area contributed by atoms with Gasteiger partial charge in [-0.05, 0) is 41.2 Å². The van der Waals surface area contributed by atoms with Crippen LogP contribution in [0.2, 0.25) is 0 Å². The Labute approximate surface area is 218 Å². The zero-order valence-corrected chi connectivity index (χ0v) is 20.5. The highest BCUT2D eigenvalue weighted by atomic mass is 19.4. The van der Waals surface area contributed by atoms with E-state index in [4.69, 9.17) is 4.74 Å². The van der Waals surface area contributed by atoms with E-state index in [9.17, 15) is 23.1 Å². The van der Waals surface area contributed by atoms with E-state index in [2.05, 4.69) is 34.0 Å². The average Bonchev–Trinajstić information content (AvgIpc) is 3.38. The number of piperidine rings is 1. The third-order valence-electron chi connectivity index (χ3n) is 7.97. The van der Waals surface area contributed by atoms with Gasteiger partial charge in [0.1, 0.15) is 6.61 Å². The molecule has 3 heterocycles. The molecular formula is C29H27F3N2O4. The number of carbonyl (C=O) groups is 1. The third kappa shape index (κ3) is 4.49. The number of pyridine rings is 1. The van der Waals surface area contributed by atoms with Crippen LogP contribution >= 0.6 is 0 Å². The zero-order chi connectivity index (χ0) is 26.5. The number of amides is 1. The van der Waals surface area contributed by atoms with Crippen molar-refractivity contribution in [2.45, 2.75) is 55.5 Å². The average molecular weight is 525 g/mol. The van der Waals surface area contributed by atoms with Gasteiger partial charge in [0.2, 0.25) is 5.88 Å². The summed E-state index contributed by atoms with van der Waals surface area (Å²) in [5.74, 6) is -0.191. The molecule has 1 N–H and O–H groups in total. The quantitative estimate of drug-likeness (QED) is 0.458. The Hall–Kier alpha value is -3.59. The molecule has 6 rings (SSSR count). The van der Waals surface area contributed by atoms with Gasteiger partial charge in [0.05, 0.1) is 5.60 Å². The molecule has 3 aromatic rings. The SMILES string of the molecule is O=C(OCC1c2ccccc2-c2ccccc21)N1C2CCC1CC(O)(c1ccc(OCC(F)(F)F)nc1)C2. The van der Waals surface area contributed by atoms with E-state index in [0.29, 0.717) is 18.4 Å². The van der Waals surface area contributed by atoms with Gasteiger partial charge in [-0.15, -0.1) is 0 Å². The smallest absolute Gasteiger partial charge is 0.422 e. The van der Waals surface area contributed by atoms with Crippen LogP contribution in [0.4, 0.5) is 18.0 Å². The second-order valence-corrected chi connectivity index (χ2v) is 10.3. The van der Waals surface area contributed by atoms with Crippen LogP contribution in [0.1, 0.15) is 48.3 Å². The van der Waals surface area contributed by atoms with Crippen LogP contribution in [0.15, 0.2) is 66.9 Å². The maximum atomic E-state index is 13.3. The molecule has 2 fully saturated rings. The first-order valence-corrected chi connectivity index (χ1v) is 12.7. The van der Waals surface area contributed by atoms with E-state index in [-0.39, 0.29) is 36.6 Å². The van der Waals surface area contributed by atoms with Gasteiger partial charge < -0.3 is 19.5 Å². The Kier molecular flexibility index (Phi) is 6.06. The molecule has 1 amide bonds. The molecule has 1 aromatic heterocycles. The molecule has 1 aliphatic carbocycles. The molecule has 2 aliphatic heterocycles. The van der Waals surface area contributed by atoms with Crippen LogP contribution in [0, 0.1) is 0 Å². The van der Waals surface area contributed by atoms with Crippen molar-refractivity contribution in [3.63, 3.8) is 0 Å². The Morgan fingerprint density at radius 3 is 2.13 bits per heavy atom. The van der Waals surface area contributed by atoms with Crippen molar-refractivity contribution >= 4 is 6.09 Å². The molecule has 2 atom stereocenters. The molecule has 0 saturated carbocycles. The summed E-state index contributed by atoms with van der Waals surface area (Å²) in [5, 5.41) is 11.5. The number of alkyl halides is 3. The number of hydrogen-bond acceptors (Lipinski definition) is 5. The van der Waals surface area contributed by atoms with Gasteiger partial charge in [0.15, 0.2) is 6.61 Å². The van der Waals surface area contributed by atoms with Gasteiger partial charge in [-0.25, -0.2) is 9.78 Å². The number of aromatic nitrogens is 1. The highest BCUT2D eigenvalue weighted by molar-refractivity contribution is 5.79. The lowest BCUT2D eigenvalue weighted by atomic mass is 9.81. The van der Waals surface area contributed by atoms with Crippen molar-refractivity contribution in [2.24, 2.45) is 0 Å². The Morgan fingerprint density at radius 1 is 0.974 bits per heavy atom. The van der Waals surface area contributed by atoms with Crippen LogP contribution in [-0.4, -0.2) is 52.6 Å². The number of carbonyl (C=O) groups excluding carboxylic acids is 1. The summed E-state index contributed by atoms with van der Waals surface area (Å²) >= 11 is 0. The molecule has 3 aliphatic rings. The predicted octanol–water partition coefficient (Wildman–Crippen LogP) is 5.79. The minimum absolute atomic E-state index is 0.0325. The number of ether oxygens (including phenoxy) is 2. The minimum atomic E-state index is -4.45. The lowest BCUT2D eigenvalue weighted by molar-refractivity contribution is -0.154. The maximum Gasteiger partial charge on any atom is 0.422 e. The molecule has 2 unspecified atom stereocenters. The van der Waals surface area contributed by atoms with E-state index in [0.717, 1.165) is 35.1 Å². The van der Waals surface area contributed by atoms with Crippen LogP contribution < -0.4 is 4.74 Å². The van der Waals surface area contributed by atoms with Crippen molar-refractivity contribution in [3.05, 3.63) is 83.6 Å². The van der Waals surface area contributed by atoms with Gasteiger partial charge in [-0.1, -0.05) is 48.5 Å². The standard InChI is InChI=1S/C29H27F3N2O4/c30-29(31,32)17-38-26-12-9-18(15-33-26)28(36)13-19-10-11-20(14-28)34(19)27(35)37-16-25-23-7-3-1-5-21(23)22-6-2-4-8-24(22)25/h1-9,12,15,19-20,25,36H,10-11,13-14,16-17H2. The first-order valence-electron chi connectivity index (χ1n) is 12.7. The molecule has 0 spiro atoms. The fraction of sp³-hybridized carbons (Fsp3) is 0.379. The molecule has 9 heteroatoms. The van der Waals surface area contributed by atoms with E-state index in [1.807, 2.05) is 24.3 Å². The Bertz CT molecular complexity index is 1280. The van der Waals surface area contributed by atoms with Crippen molar-refractivity contribution in [1.29, 1.82) is 0 Å². The third-order valence-corrected chi connectivity index (χ3v) is 7.97. The summed E-state index contributed by atoms with van der Waals surface area (Å²) in [6.07, 6.45) is -1.38. The van der Waals surface area contributed by atoms with Gasteiger partial charge in [-0.2, -0.15) is 13.2 Å². The van der Waals surface area contributed by atoms with Crippen LogP contribution in [-0.2, 0) is 10.3 Å². The molecular weight excluding hydrogens is 497 g/mol. The van der Waals surface area contributed by atoms with Crippen molar-refractivity contribution in [2.75, 3.05) is 13.2 Å². The van der Waals surface area contributed by atoms with Gasteiger partial charge in [0.25, 0.3) is 0 Å². The second-order valence-electron chi connectivity index (χ2n) is 10.3. The molecule has 198 valence electrons. The molecule has 0 radical (unpaired) electrons. The highest BCUT2D eigenvalue weighted by Crippen LogP contribution is 2.47. The number of fused-ring (bicyclic) bond motifs is 5.